The van der Waals surface area contributed by atoms with Crippen molar-refractivity contribution in [3.05, 3.63) is 70.9 Å². The lowest BCUT2D eigenvalue weighted by Gasteiger charge is -2.17. The molecule has 1 aromatic heterocycles. The summed E-state index contributed by atoms with van der Waals surface area (Å²) in [5.41, 5.74) is 4.97. The molecule has 138 valence electrons. The number of nitrogens with zero attached hydrogens (tertiary/aromatic N) is 2. The molecule has 2 atom stereocenters. The van der Waals surface area contributed by atoms with Crippen LogP contribution in [0.15, 0.2) is 48.5 Å². The Morgan fingerprint density at radius 1 is 1.15 bits per heavy atom. The third kappa shape index (κ3) is 3.21. The molecule has 0 saturated carbocycles. The van der Waals surface area contributed by atoms with Crippen molar-refractivity contribution < 1.29 is 9.90 Å². The Bertz CT molecular complexity index is 1010. The lowest BCUT2D eigenvalue weighted by Crippen LogP contribution is -2.22. The number of carbonyl (C=O) groups is 1. The molecule has 2 heterocycles. The molecule has 1 aliphatic heterocycles. The van der Waals surface area contributed by atoms with Crippen molar-refractivity contribution in [2.45, 2.75) is 31.3 Å². The van der Waals surface area contributed by atoms with E-state index in [-0.39, 0.29) is 22.2 Å². The van der Waals surface area contributed by atoms with Crippen molar-refractivity contribution in [2.75, 3.05) is 5.32 Å². The molecule has 0 fully saturated rings. The molecule has 1 amide bonds. The average molecular weight is 379 g/mol. The van der Waals surface area contributed by atoms with Gasteiger partial charge in [0.05, 0.1) is 21.9 Å². The number of hydrogen-bond acceptors (Lipinski definition) is 4. The number of benzene rings is 2. The van der Waals surface area contributed by atoms with Crippen molar-refractivity contribution in [1.82, 2.24) is 9.78 Å². The summed E-state index contributed by atoms with van der Waals surface area (Å²) in [4.78, 5) is 12.7. The van der Waals surface area contributed by atoms with Gasteiger partial charge in [0.15, 0.2) is 0 Å². The van der Waals surface area contributed by atoms with Crippen LogP contribution in [0.2, 0.25) is 0 Å². The standard InChI is InChI=1S/C21H21N3O2S/c1-12-5-4-6-16(11-12)24-20-18(13(2)23-24)19(27-14(3)21(26)22-20)15-7-9-17(25)10-8-15/h4-11,14,19,25H,1-3H3,(H,22,26). The van der Waals surface area contributed by atoms with Gasteiger partial charge in [0.25, 0.3) is 0 Å². The third-order valence-corrected chi connectivity index (χ3v) is 6.16. The second kappa shape index (κ2) is 6.78. The molecule has 2 unspecified atom stereocenters. The van der Waals surface area contributed by atoms with Crippen LogP contribution in [-0.4, -0.2) is 26.0 Å². The van der Waals surface area contributed by atoms with Gasteiger partial charge in [0.2, 0.25) is 5.91 Å². The molecule has 0 saturated heterocycles. The summed E-state index contributed by atoms with van der Waals surface area (Å²) in [5.74, 6) is 0.918. The van der Waals surface area contributed by atoms with Gasteiger partial charge in [-0.2, -0.15) is 5.10 Å². The van der Waals surface area contributed by atoms with E-state index < -0.39 is 0 Å². The summed E-state index contributed by atoms with van der Waals surface area (Å²) in [7, 11) is 0. The molecule has 3 aromatic rings. The normalized spacial score (nSPS) is 19.3. The van der Waals surface area contributed by atoms with E-state index in [1.165, 1.54) is 0 Å². The second-order valence-corrected chi connectivity index (χ2v) is 8.29. The van der Waals surface area contributed by atoms with Crippen LogP contribution in [0.3, 0.4) is 0 Å². The third-order valence-electron chi connectivity index (χ3n) is 4.76. The molecule has 27 heavy (non-hydrogen) atoms. The van der Waals surface area contributed by atoms with Crippen LogP contribution in [-0.2, 0) is 4.79 Å². The van der Waals surface area contributed by atoms with Gasteiger partial charge in [0.1, 0.15) is 11.6 Å². The van der Waals surface area contributed by atoms with Gasteiger partial charge in [-0.1, -0.05) is 24.3 Å². The van der Waals surface area contributed by atoms with Gasteiger partial charge < -0.3 is 10.4 Å². The smallest absolute Gasteiger partial charge is 0.238 e. The molecule has 4 rings (SSSR count). The number of phenols is 1. The Labute approximate surface area is 162 Å². The zero-order valence-corrected chi connectivity index (χ0v) is 16.2. The Balaban J connectivity index is 1.91. The minimum absolute atomic E-state index is 0.0312. The zero-order chi connectivity index (χ0) is 19.1. The number of thioether (sulfide) groups is 1. The summed E-state index contributed by atoms with van der Waals surface area (Å²) >= 11 is 1.60. The number of aromatic hydroxyl groups is 1. The van der Waals surface area contributed by atoms with E-state index in [1.54, 1.807) is 23.9 Å². The average Bonchev–Trinajstić information content (AvgIpc) is 2.89. The lowest BCUT2D eigenvalue weighted by molar-refractivity contribution is -0.115. The fraction of sp³-hybridized carbons (Fsp3) is 0.238. The topological polar surface area (TPSA) is 67.2 Å². The molecule has 5 nitrogen and oxygen atoms in total. The monoisotopic (exact) mass is 379 g/mol. The summed E-state index contributed by atoms with van der Waals surface area (Å²) in [6.45, 7) is 5.93. The highest BCUT2D eigenvalue weighted by atomic mass is 32.2. The number of phenolic OH excluding ortho intramolecular Hbond substituents is 1. The van der Waals surface area contributed by atoms with Crippen molar-refractivity contribution in [3.63, 3.8) is 0 Å². The summed E-state index contributed by atoms with van der Waals surface area (Å²) in [5, 5.41) is 17.2. The number of rotatable bonds is 2. The Kier molecular flexibility index (Phi) is 4.44. The van der Waals surface area contributed by atoms with Crippen LogP contribution in [0, 0.1) is 13.8 Å². The van der Waals surface area contributed by atoms with E-state index in [9.17, 15) is 9.90 Å². The molecule has 0 spiro atoms. The molecule has 2 aromatic carbocycles. The first-order chi connectivity index (χ1) is 12.9. The van der Waals surface area contributed by atoms with Gasteiger partial charge in [-0.05, 0) is 56.2 Å². The molecular weight excluding hydrogens is 358 g/mol. The zero-order valence-electron chi connectivity index (χ0n) is 15.4. The van der Waals surface area contributed by atoms with Crippen LogP contribution in [0.25, 0.3) is 5.69 Å². The van der Waals surface area contributed by atoms with Gasteiger partial charge >= 0.3 is 0 Å². The van der Waals surface area contributed by atoms with Crippen LogP contribution < -0.4 is 5.32 Å². The first-order valence-electron chi connectivity index (χ1n) is 8.86. The van der Waals surface area contributed by atoms with Crippen molar-refractivity contribution in [1.29, 1.82) is 0 Å². The molecule has 2 N–H and O–H groups in total. The maximum atomic E-state index is 12.7. The highest BCUT2D eigenvalue weighted by Gasteiger charge is 2.34. The number of anilines is 1. The number of aromatic nitrogens is 2. The number of hydrogen-bond donors (Lipinski definition) is 2. The van der Waals surface area contributed by atoms with Crippen LogP contribution in [0.5, 0.6) is 5.75 Å². The SMILES string of the molecule is Cc1cccc(-n2nc(C)c3c2NC(=O)C(C)SC3c2ccc(O)cc2)c1. The fourth-order valence-corrected chi connectivity index (χ4v) is 4.69. The van der Waals surface area contributed by atoms with E-state index in [2.05, 4.69) is 11.4 Å². The highest BCUT2D eigenvalue weighted by molar-refractivity contribution is 8.01. The predicted molar refractivity (Wildman–Crippen MR) is 109 cm³/mol. The molecular formula is C21H21N3O2S. The minimum Gasteiger partial charge on any atom is -0.508 e. The van der Waals surface area contributed by atoms with E-state index in [4.69, 9.17) is 5.10 Å². The van der Waals surface area contributed by atoms with E-state index in [0.29, 0.717) is 0 Å². The van der Waals surface area contributed by atoms with Crippen molar-refractivity contribution in [2.24, 2.45) is 0 Å². The maximum absolute atomic E-state index is 12.7. The van der Waals surface area contributed by atoms with E-state index in [1.807, 2.05) is 55.8 Å². The fourth-order valence-electron chi connectivity index (χ4n) is 3.37. The van der Waals surface area contributed by atoms with Crippen molar-refractivity contribution in [3.8, 4) is 11.4 Å². The van der Waals surface area contributed by atoms with Crippen LogP contribution in [0.1, 0.15) is 34.6 Å². The molecule has 0 radical (unpaired) electrons. The quantitative estimate of drug-likeness (QED) is 0.694. The lowest BCUT2D eigenvalue weighted by atomic mass is 10.0. The first kappa shape index (κ1) is 17.7. The largest absolute Gasteiger partial charge is 0.508 e. The minimum atomic E-state index is -0.207. The van der Waals surface area contributed by atoms with Crippen LogP contribution >= 0.6 is 11.8 Å². The van der Waals surface area contributed by atoms with E-state index >= 15 is 0 Å². The Morgan fingerprint density at radius 3 is 2.59 bits per heavy atom. The van der Waals surface area contributed by atoms with Crippen molar-refractivity contribution >= 4 is 23.5 Å². The maximum Gasteiger partial charge on any atom is 0.238 e. The Morgan fingerprint density at radius 2 is 1.89 bits per heavy atom. The summed E-state index contributed by atoms with van der Waals surface area (Å²) in [6, 6.07) is 15.2. The molecule has 1 aliphatic rings. The van der Waals surface area contributed by atoms with Gasteiger partial charge in [0, 0.05) is 5.56 Å². The molecule has 6 heteroatoms. The number of amides is 1. The first-order valence-corrected chi connectivity index (χ1v) is 9.80. The van der Waals surface area contributed by atoms with E-state index in [0.717, 1.165) is 33.9 Å². The van der Waals surface area contributed by atoms with Gasteiger partial charge in [-0.3, -0.25) is 4.79 Å². The van der Waals surface area contributed by atoms with Gasteiger partial charge in [-0.25, -0.2) is 4.68 Å². The Hall–Kier alpha value is -2.73. The summed E-state index contributed by atoms with van der Waals surface area (Å²) < 4.78 is 1.82. The number of carbonyl (C=O) groups excluding carboxylic acids is 1. The summed E-state index contributed by atoms with van der Waals surface area (Å²) in [6.07, 6.45) is 0. The van der Waals surface area contributed by atoms with Gasteiger partial charge in [-0.15, -0.1) is 11.8 Å². The second-order valence-electron chi connectivity index (χ2n) is 6.84. The number of fused-ring (bicyclic) bond motifs is 1. The number of nitrogens with one attached hydrogen (secondary N) is 1. The molecule has 0 bridgehead atoms. The highest BCUT2D eigenvalue weighted by Crippen LogP contribution is 2.46. The predicted octanol–water partition coefficient (Wildman–Crippen LogP) is 4.36. The number of aryl methyl sites for hydroxylation is 2. The van der Waals surface area contributed by atoms with Crippen LogP contribution in [0.4, 0.5) is 5.82 Å². The molecule has 0 aliphatic carbocycles.